The van der Waals surface area contributed by atoms with Crippen LogP contribution in [0.4, 0.5) is 5.95 Å². The zero-order chi connectivity index (χ0) is 26.1. The first-order valence-corrected chi connectivity index (χ1v) is 12.6. The molecule has 0 fully saturated rings. The maximum Gasteiger partial charge on any atom is 0.245 e. The molecule has 0 aliphatic rings. The van der Waals surface area contributed by atoms with E-state index >= 15 is 0 Å². The number of ether oxygens (including phenoxy) is 4. The third-order valence-corrected chi connectivity index (χ3v) is 6.17. The smallest absolute Gasteiger partial charge is 0.245 e. The molecule has 0 saturated heterocycles. The van der Waals surface area contributed by atoms with Gasteiger partial charge in [0.1, 0.15) is 18.3 Å². The van der Waals surface area contributed by atoms with E-state index in [9.17, 15) is 0 Å². The van der Waals surface area contributed by atoms with Crippen molar-refractivity contribution in [1.29, 1.82) is 0 Å². The van der Waals surface area contributed by atoms with Crippen LogP contribution in [0.5, 0.6) is 11.8 Å². The first-order valence-electron chi connectivity index (χ1n) is 11.8. The van der Waals surface area contributed by atoms with E-state index in [0.717, 1.165) is 17.7 Å². The molecule has 0 aromatic carbocycles. The number of methoxy groups -OCH3 is 3. The zero-order valence-corrected chi connectivity index (χ0v) is 22.7. The Morgan fingerprint density at radius 2 is 1.72 bits per heavy atom. The number of aryl methyl sites for hydroxylation is 2. The molecule has 3 aromatic heterocycles. The van der Waals surface area contributed by atoms with E-state index < -0.39 is 0 Å². The van der Waals surface area contributed by atoms with Crippen LogP contribution in [0.25, 0.3) is 5.69 Å². The lowest BCUT2D eigenvalue weighted by Crippen LogP contribution is -2.22. The van der Waals surface area contributed by atoms with E-state index in [1.807, 2.05) is 43.7 Å². The molecular weight excluding hydrogens is 482 g/mol. The van der Waals surface area contributed by atoms with Crippen molar-refractivity contribution < 1.29 is 18.9 Å². The number of anilines is 1. The lowest BCUT2D eigenvalue weighted by molar-refractivity contribution is 0.00548. The molecular formula is C24H35N7O4S. The van der Waals surface area contributed by atoms with Gasteiger partial charge in [0.05, 0.1) is 31.3 Å². The Hall–Kier alpha value is -2.96. The number of rotatable bonds is 14. The van der Waals surface area contributed by atoms with Crippen LogP contribution in [0.15, 0.2) is 24.7 Å². The molecule has 196 valence electrons. The van der Waals surface area contributed by atoms with Gasteiger partial charge in [0.15, 0.2) is 5.69 Å². The molecule has 11 nitrogen and oxygen atoms in total. The highest BCUT2D eigenvalue weighted by Crippen LogP contribution is 2.35. The lowest BCUT2D eigenvalue weighted by atomic mass is 10.1. The second kappa shape index (κ2) is 13.4. The van der Waals surface area contributed by atoms with Gasteiger partial charge in [-0.3, -0.25) is 14.3 Å². The van der Waals surface area contributed by atoms with E-state index in [1.165, 1.54) is 18.3 Å². The maximum absolute atomic E-state index is 6.24. The number of nitrogens with zero attached hydrogens (tertiary/aromatic N) is 6. The lowest BCUT2D eigenvalue weighted by Gasteiger charge is -2.26. The average molecular weight is 518 g/mol. The SMILES string of the molecule is COCCCc1nnc(NSC(C)[C@@H](OC(C)C)c2ccc(C)cn2)n1-c1c(OC)ncnc1OC. The van der Waals surface area contributed by atoms with Crippen LogP contribution in [-0.4, -0.2) is 69.0 Å². The van der Waals surface area contributed by atoms with Crippen molar-refractivity contribution in [3.05, 3.63) is 41.7 Å². The number of pyridine rings is 1. The second-order valence-corrected chi connectivity index (χ2v) is 9.59. The van der Waals surface area contributed by atoms with Crippen molar-refractivity contribution in [1.82, 2.24) is 29.7 Å². The minimum absolute atomic E-state index is 0.0134. The summed E-state index contributed by atoms with van der Waals surface area (Å²) in [5, 5.41) is 8.83. The molecule has 0 saturated carbocycles. The predicted molar refractivity (Wildman–Crippen MR) is 139 cm³/mol. The van der Waals surface area contributed by atoms with Crippen molar-refractivity contribution in [2.75, 3.05) is 32.7 Å². The van der Waals surface area contributed by atoms with Crippen molar-refractivity contribution in [2.24, 2.45) is 0 Å². The molecule has 3 rings (SSSR count). The maximum atomic E-state index is 6.24. The Morgan fingerprint density at radius 3 is 2.31 bits per heavy atom. The molecule has 12 heteroatoms. The molecule has 0 radical (unpaired) electrons. The fraction of sp³-hybridized carbons (Fsp3) is 0.542. The van der Waals surface area contributed by atoms with Gasteiger partial charge in [-0.1, -0.05) is 6.07 Å². The van der Waals surface area contributed by atoms with Crippen molar-refractivity contribution in [3.8, 4) is 17.4 Å². The average Bonchev–Trinajstić information content (AvgIpc) is 3.28. The van der Waals surface area contributed by atoms with Gasteiger partial charge in [-0.05, 0) is 57.7 Å². The molecule has 2 atom stereocenters. The largest absolute Gasteiger partial charge is 0.479 e. The zero-order valence-electron chi connectivity index (χ0n) is 21.9. The highest BCUT2D eigenvalue weighted by Gasteiger charge is 2.27. The topological polar surface area (TPSA) is 118 Å². The number of hydrogen-bond donors (Lipinski definition) is 1. The summed E-state index contributed by atoms with van der Waals surface area (Å²) < 4.78 is 27.7. The molecule has 3 heterocycles. The summed E-state index contributed by atoms with van der Waals surface area (Å²) in [6, 6.07) is 4.05. The first-order chi connectivity index (χ1) is 17.4. The molecule has 1 unspecified atom stereocenters. The summed E-state index contributed by atoms with van der Waals surface area (Å²) in [5.74, 6) is 1.89. The highest BCUT2D eigenvalue weighted by molar-refractivity contribution is 8.01. The molecule has 36 heavy (non-hydrogen) atoms. The molecule has 0 bridgehead atoms. The van der Waals surface area contributed by atoms with Gasteiger partial charge in [-0.25, -0.2) is 0 Å². The van der Waals surface area contributed by atoms with Gasteiger partial charge in [0.2, 0.25) is 17.7 Å². The fourth-order valence-corrected chi connectivity index (χ4v) is 4.31. The molecule has 0 aliphatic heterocycles. The number of aromatic nitrogens is 6. The van der Waals surface area contributed by atoms with E-state index in [2.05, 4.69) is 36.8 Å². The van der Waals surface area contributed by atoms with Gasteiger partial charge >= 0.3 is 0 Å². The Bertz CT molecular complexity index is 1070. The normalized spacial score (nSPS) is 13.0. The van der Waals surface area contributed by atoms with Crippen LogP contribution < -0.4 is 14.2 Å². The molecule has 1 N–H and O–H groups in total. The van der Waals surface area contributed by atoms with Crippen LogP contribution >= 0.6 is 11.9 Å². The second-order valence-electron chi connectivity index (χ2n) is 8.40. The van der Waals surface area contributed by atoms with Crippen LogP contribution in [0.2, 0.25) is 0 Å². The van der Waals surface area contributed by atoms with Gasteiger partial charge in [0, 0.05) is 26.3 Å². The predicted octanol–water partition coefficient (Wildman–Crippen LogP) is 3.97. The Balaban J connectivity index is 1.92. The number of nitrogens with one attached hydrogen (secondary N) is 1. The summed E-state index contributed by atoms with van der Waals surface area (Å²) in [5.41, 5.74) is 2.49. The number of hydrogen-bond acceptors (Lipinski definition) is 11. The van der Waals surface area contributed by atoms with E-state index in [1.54, 1.807) is 21.3 Å². The summed E-state index contributed by atoms with van der Waals surface area (Å²) in [4.78, 5) is 13.1. The van der Waals surface area contributed by atoms with Crippen molar-refractivity contribution >= 4 is 17.9 Å². The Morgan fingerprint density at radius 1 is 1.00 bits per heavy atom. The minimum Gasteiger partial charge on any atom is -0.479 e. The monoisotopic (exact) mass is 517 g/mol. The van der Waals surface area contributed by atoms with Gasteiger partial charge < -0.3 is 18.9 Å². The Labute approximate surface area is 216 Å². The fourth-order valence-electron chi connectivity index (χ4n) is 3.56. The first kappa shape index (κ1) is 27.6. The van der Waals surface area contributed by atoms with Gasteiger partial charge in [-0.15, -0.1) is 10.2 Å². The molecule has 0 spiro atoms. The molecule has 3 aromatic rings. The highest BCUT2D eigenvalue weighted by atomic mass is 32.2. The van der Waals surface area contributed by atoms with Crippen LogP contribution in [-0.2, 0) is 15.9 Å². The van der Waals surface area contributed by atoms with Crippen LogP contribution in [0, 0.1) is 6.92 Å². The third kappa shape index (κ3) is 6.83. The summed E-state index contributed by atoms with van der Waals surface area (Å²) in [6.07, 6.45) is 4.43. The summed E-state index contributed by atoms with van der Waals surface area (Å²) in [7, 11) is 4.77. The minimum atomic E-state index is -0.232. The summed E-state index contributed by atoms with van der Waals surface area (Å²) >= 11 is 1.47. The van der Waals surface area contributed by atoms with Crippen LogP contribution in [0.3, 0.4) is 0 Å². The Kier molecular flexibility index (Phi) is 10.3. The third-order valence-electron chi connectivity index (χ3n) is 5.25. The van der Waals surface area contributed by atoms with E-state index in [4.69, 9.17) is 18.9 Å². The van der Waals surface area contributed by atoms with Gasteiger partial charge in [-0.2, -0.15) is 9.97 Å². The summed E-state index contributed by atoms with van der Waals surface area (Å²) in [6.45, 7) is 8.73. The van der Waals surface area contributed by atoms with Crippen molar-refractivity contribution in [2.45, 2.75) is 58.0 Å². The molecule has 0 aliphatic carbocycles. The van der Waals surface area contributed by atoms with Crippen LogP contribution in [0.1, 0.15) is 50.4 Å². The van der Waals surface area contributed by atoms with Gasteiger partial charge in [0.25, 0.3) is 0 Å². The quantitative estimate of drug-likeness (QED) is 0.247. The van der Waals surface area contributed by atoms with Crippen molar-refractivity contribution in [3.63, 3.8) is 0 Å². The standard InChI is InChI=1S/C24H35N7O4S/c1-15(2)35-21(18-11-10-16(3)13-25-18)17(4)36-30-24-29-28-19(9-8-12-32-5)31(24)20-22(33-6)26-14-27-23(20)34-7/h10-11,13-15,17,21H,8-9,12H2,1-7H3,(H,29,30)/t17?,21-/m1/s1. The molecule has 0 amide bonds. The van der Waals surface area contributed by atoms with E-state index in [-0.39, 0.29) is 17.5 Å². The van der Waals surface area contributed by atoms with E-state index in [0.29, 0.717) is 42.2 Å².